The van der Waals surface area contributed by atoms with Crippen molar-refractivity contribution in [2.75, 3.05) is 14.2 Å². The van der Waals surface area contributed by atoms with Gasteiger partial charge < -0.3 is 15.2 Å². The number of nitrogens with two attached hydrogens (primary N) is 1. The average Bonchev–Trinajstić information content (AvgIpc) is 2.18. The summed E-state index contributed by atoms with van der Waals surface area (Å²) in [5, 5.41) is 0. The van der Waals surface area contributed by atoms with Crippen LogP contribution in [-0.2, 0) is 6.54 Å². The summed E-state index contributed by atoms with van der Waals surface area (Å²) in [6.45, 7) is 0.104. The fourth-order valence-corrected chi connectivity index (χ4v) is 0.811. The van der Waals surface area contributed by atoms with Gasteiger partial charge in [0.2, 0.25) is 5.82 Å². The standard InChI is InChI=1S/C7H10FN3O2/c1-12-6-5(8)7(13-2)11-4(3-9)10-6/h3,9H2,1-2H3. The van der Waals surface area contributed by atoms with Gasteiger partial charge in [-0.15, -0.1) is 0 Å². The van der Waals surface area contributed by atoms with Gasteiger partial charge in [-0.3, -0.25) is 0 Å². The van der Waals surface area contributed by atoms with Crippen LogP contribution < -0.4 is 15.2 Å². The van der Waals surface area contributed by atoms with Gasteiger partial charge in [0.15, 0.2) is 0 Å². The number of halogens is 1. The monoisotopic (exact) mass is 187 g/mol. The van der Waals surface area contributed by atoms with Crippen LogP contribution in [0, 0.1) is 5.82 Å². The highest BCUT2D eigenvalue weighted by molar-refractivity contribution is 5.24. The Kier molecular flexibility index (Phi) is 2.97. The number of hydrogen-bond donors (Lipinski definition) is 1. The molecule has 0 aliphatic carbocycles. The number of methoxy groups -OCH3 is 2. The first kappa shape index (κ1) is 9.66. The van der Waals surface area contributed by atoms with E-state index < -0.39 is 5.82 Å². The summed E-state index contributed by atoms with van der Waals surface area (Å²) in [6.07, 6.45) is 0. The van der Waals surface area contributed by atoms with Crippen LogP contribution in [0.1, 0.15) is 5.82 Å². The highest BCUT2D eigenvalue weighted by atomic mass is 19.1. The fourth-order valence-electron chi connectivity index (χ4n) is 0.811. The van der Waals surface area contributed by atoms with E-state index in [1.807, 2.05) is 0 Å². The SMILES string of the molecule is COc1nc(CN)nc(OC)c1F. The minimum absolute atomic E-state index is 0.104. The zero-order chi connectivity index (χ0) is 9.84. The molecular weight excluding hydrogens is 177 g/mol. The van der Waals surface area contributed by atoms with Crippen molar-refractivity contribution in [3.63, 3.8) is 0 Å². The largest absolute Gasteiger partial charge is 0.479 e. The summed E-state index contributed by atoms with van der Waals surface area (Å²) in [5.74, 6) is -0.767. The molecule has 6 heteroatoms. The number of nitrogens with zero attached hydrogens (tertiary/aromatic N) is 2. The van der Waals surface area contributed by atoms with E-state index >= 15 is 0 Å². The summed E-state index contributed by atoms with van der Waals surface area (Å²) in [7, 11) is 2.62. The van der Waals surface area contributed by atoms with Crippen LogP contribution in [0.4, 0.5) is 4.39 Å². The molecule has 0 atom stereocenters. The summed E-state index contributed by atoms with van der Waals surface area (Å²) in [4.78, 5) is 7.41. The summed E-state index contributed by atoms with van der Waals surface area (Å²) < 4.78 is 22.5. The molecule has 0 aromatic carbocycles. The predicted octanol–water partition coefficient (Wildman–Crippen LogP) is 0.0916. The molecule has 0 saturated heterocycles. The Morgan fingerprint density at radius 2 is 1.69 bits per heavy atom. The Morgan fingerprint density at radius 3 is 2.00 bits per heavy atom. The molecule has 0 bridgehead atoms. The van der Waals surface area contributed by atoms with Gasteiger partial charge >= 0.3 is 0 Å². The molecule has 13 heavy (non-hydrogen) atoms. The van der Waals surface area contributed by atoms with Crippen molar-refractivity contribution in [2.24, 2.45) is 5.73 Å². The molecule has 1 heterocycles. The molecular formula is C7H10FN3O2. The van der Waals surface area contributed by atoms with Gasteiger partial charge in [-0.05, 0) is 0 Å². The van der Waals surface area contributed by atoms with E-state index in [4.69, 9.17) is 5.73 Å². The zero-order valence-corrected chi connectivity index (χ0v) is 7.37. The second-order valence-corrected chi connectivity index (χ2v) is 2.18. The van der Waals surface area contributed by atoms with Crippen LogP contribution >= 0.6 is 0 Å². The molecule has 1 aromatic rings. The first-order valence-corrected chi connectivity index (χ1v) is 3.57. The Bertz CT molecular complexity index is 281. The van der Waals surface area contributed by atoms with Crippen molar-refractivity contribution in [3.8, 4) is 11.8 Å². The summed E-state index contributed by atoms with van der Waals surface area (Å²) in [6, 6.07) is 0. The second kappa shape index (κ2) is 3.99. The molecule has 72 valence electrons. The Hall–Kier alpha value is -1.43. The summed E-state index contributed by atoms with van der Waals surface area (Å²) >= 11 is 0. The van der Waals surface area contributed by atoms with Crippen LogP contribution in [0.5, 0.6) is 11.8 Å². The van der Waals surface area contributed by atoms with Crippen molar-refractivity contribution in [1.29, 1.82) is 0 Å². The van der Waals surface area contributed by atoms with Gasteiger partial charge in [-0.25, -0.2) is 0 Å². The second-order valence-electron chi connectivity index (χ2n) is 2.18. The molecule has 5 nitrogen and oxygen atoms in total. The molecule has 0 fully saturated rings. The van der Waals surface area contributed by atoms with Crippen LogP contribution in [0.2, 0.25) is 0 Å². The van der Waals surface area contributed by atoms with Gasteiger partial charge in [0.05, 0.1) is 20.8 Å². The third kappa shape index (κ3) is 1.83. The zero-order valence-electron chi connectivity index (χ0n) is 7.37. The van der Waals surface area contributed by atoms with E-state index in [0.717, 1.165) is 0 Å². The van der Waals surface area contributed by atoms with Crippen LogP contribution in [0.15, 0.2) is 0 Å². The van der Waals surface area contributed by atoms with Crippen LogP contribution in [0.3, 0.4) is 0 Å². The molecule has 0 amide bonds. The van der Waals surface area contributed by atoms with Crippen LogP contribution in [0.25, 0.3) is 0 Å². The average molecular weight is 187 g/mol. The van der Waals surface area contributed by atoms with Crippen molar-refractivity contribution in [2.45, 2.75) is 6.54 Å². The van der Waals surface area contributed by atoms with E-state index in [1.54, 1.807) is 0 Å². The maximum Gasteiger partial charge on any atom is 0.257 e. The highest BCUT2D eigenvalue weighted by Crippen LogP contribution is 2.21. The smallest absolute Gasteiger partial charge is 0.257 e. The molecule has 0 aliphatic rings. The van der Waals surface area contributed by atoms with Gasteiger partial charge in [0, 0.05) is 0 Å². The molecule has 0 unspecified atom stereocenters. The topological polar surface area (TPSA) is 70.3 Å². The van der Waals surface area contributed by atoms with Crippen molar-refractivity contribution >= 4 is 0 Å². The van der Waals surface area contributed by atoms with Gasteiger partial charge in [-0.1, -0.05) is 0 Å². The third-order valence-corrected chi connectivity index (χ3v) is 1.41. The minimum Gasteiger partial charge on any atom is -0.479 e. The minimum atomic E-state index is -0.720. The normalized spacial score (nSPS) is 9.85. The lowest BCUT2D eigenvalue weighted by Crippen LogP contribution is -2.07. The van der Waals surface area contributed by atoms with Crippen LogP contribution in [-0.4, -0.2) is 24.2 Å². The first-order chi connectivity index (χ1) is 6.22. The Morgan fingerprint density at radius 1 is 1.23 bits per heavy atom. The van der Waals surface area contributed by atoms with E-state index in [9.17, 15) is 4.39 Å². The molecule has 0 radical (unpaired) electrons. The predicted molar refractivity (Wildman–Crippen MR) is 43.0 cm³/mol. The van der Waals surface area contributed by atoms with Gasteiger partial charge in [0.1, 0.15) is 5.82 Å². The number of ether oxygens (including phenoxy) is 2. The Balaban J connectivity index is 3.20. The van der Waals surface area contributed by atoms with Gasteiger partial charge in [0.25, 0.3) is 11.8 Å². The van der Waals surface area contributed by atoms with Crippen molar-refractivity contribution in [1.82, 2.24) is 9.97 Å². The van der Waals surface area contributed by atoms with Crippen molar-refractivity contribution in [3.05, 3.63) is 11.6 Å². The fraction of sp³-hybridized carbons (Fsp3) is 0.429. The molecule has 0 saturated carbocycles. The van der Waals surface area contributed by atoms with Gasteiger partial charge in [-0.2, -0.15) is 14.4 Å². The number of aromatic nitrogens is 2. The lowest BCUT2D eigenvalue weighted by Gasteiger charge is -2.06. The quantitative estimate of drug-likeness (QED) is 0.726. The lowest BCUT2D eigenvalue weighted by atomic mass is 10.5. The number of hydrogen-bond acceptors (Lipinski definition) is 5. The molecule has 0 aliphatic heterocycles. The highest BCUT2D eigenvalue weighted by Gasteiger charge is 2.14. The maximum absolute atomic E-state index is 13.2. The molecule has 1 rings (SSSR count). The van der Waals surface area contributed by atoms with E-state index in [0.29, 0.717) is 0 Å². The first-order valence-electron chi connectivity index (χ1n) is 3.57. The van der Waals surface area contributed by atoms with E-state index in [1.165, 1.54) is 14.2 Å². The van der Waals surface area contributed by atoms with Crippen molar-refractivity contribution < 1.29 is 13.9 Å². The van der Waals surface area contributed by atoms with E-state index in [2.05, 4.69) is 19.4 Å². The third-order valence-electron chi connectivity index (χ3n) is 1.41. The summed E-state index contributed by atoms with van der Waals surface area (Å²) in [5.41, 5.74) is 5.29. The molecule has 2 N–H and O–H groups in total. The lowest BCUT2D eigenvalue weighted by molar-refractivity contribution is 0.324. The van der Waals surface area contributed by atoms with E-state index in [-0.39, 0.29) is 24.1 Å². The molecule has 0 spiro atoms. The maximum atomic E-state index is 13.2. The Labute approximate surface area is 74.7 Å². The molecule has 1 aromatic heterocycles. The number of rotatable bonds is 3.